The molecule has 0 amide bonds. The molecule has 1 heterocycles. The Labute approximate surface area is 107 Å². The molecule has 0 aliphatic carbocycles. The molecule has 3 heteroatoms. The number of hydrogen-bond acceptors (Lipinski definition) is 1. The second-order valence-corrected chi connectivity index (χ2v) is 5.05. The predicted molar refractivity (Wildman–Crippen MR) is 72.1 cm³/mol. The lowest BCUT2D eigenvalue weighted by Gasteiger charge is -2.12. The molecule has 0 atom stereocenters. The second-order valence-electron chi connectivity index (χ2n) is 4.69. The SMILES string of the molecule is Cc1cc(C(C)C)ccc1-n1cnc(C)c1Cl. The zero-order valence-corrected chi connectivity index (χ0v) is 11.4. The third kappa shape index (κ3) is 2.22. The zero-order chi connectivity index (χ0) is 12.6. The first-order valence-corrected chi connectivity index (χ1v) is 6.19. The van der Waals surface area contributed by atoms with Crippen molar-refractivity contribution in [2.75, 3.05) is 0 Å². The van der Waals surface area contributed by atoms with Gasteiger partial charge in [-0.05, 0) is 37.0 Å². The molecule has 90 valence electrons. The highest BCUT2D eigenvalue weighted by molar-refractivity contribution is 6.30. The first-order valence-electron chi connectivity index (χ1n) is 5.81. The van der Waals surface area contributed by atoms with Crippen molar-refractivity contribution in [3.8, 4) is 5.69 Å². The minimum atomic E-state index is 0.544. The number of halogens is 1. The summed E-state index contributed by atoms with van der Waals surface area (Å²) in [6.45, 7) is 8.41. The van der Waals surface area contributed by atoms with Crippen LogP contribution in [0.1, 0.15) is 36.6 Å². The van der Waals surface area contributed by atoms with Crippen molar-refractivity contribution in [2.45, 2.75) is 33.6 Å². The van der Waals surface area contributed by atoms with Crippen molar-refractivity contribution >= 4 is 11.6 Å². The van der Waals surface area contributed by atoms with Crippen LogP contribution in [0.4, 0.5) is 0 Å². The fraction of sp³-hybridized carbons (Fsp3) is 0.357. The molecule has 2 rings (SSSR count). The number of imidazole rings is 1. The molecule has 0 aliphatic heterocycles. The molecule has 1 aromatic heterocycles. The van der Waals surface area contributed by atoms with Gasteiger partial charge >= 0.3 is 0 Å². The molecule has 0 aliphatic rings. The summed E-state index contributed by atoms with van der Waals surface area (Å²) in [5, 5.41) is 0.686. The molecule has 0 saturated carbocycles. The highest BCUT2D eigenvalue weighted by Crippen LogP contribution is 2.25. The topological polar surface area (TPSA) is 17.8 Å². The number of nitrogens with zero attached hydrogens (tertiary/aromatic N) is 2. The molecule has 0 unspecified atom stereocenters. The van der Waals surface area contributed by atoms with E-state index in [0.717, 1.165) is 11.4 Å². The summed E-state index contributed by atoms with van der Waals surface area (Å²) in [4.78, 5) is 4.22. The highest BCUT2D eigenvalue weighted by Gasteiger charge is 2.09. The molecule has 0 fully saturated rings. The van der Waals surface area contributed by atoms with Crippen LogP contribution in [0, 0.1) is 13.8 Å². The van der Waals surface area contributed by atoms with E-state index in [1.807, 2.05) is 11.5 Å². The largest absolute Gasteiger partial charge is 0.289 e. The Morgan fingerprint density at radius 1 is 1.24 bits per heavy atom. The third-order valence-electron chi connectivity index (χ3n) is 3.02. The summed E-state index contributed by atoms with van der Waals surface area (Å²) in [6.07, 6.45) is 1.77. The van der Waals surface area contributed by atoms with Crippen LogP contribution in [0.5, 0.6) is 0 Å². The van der Waals surface area contributed by atoms with Crippen LogP contribution < -0.4 is 0 Å². The lowest BCUT2D eigenvalue weighted by molar-refractivity contribution is 0.862. The average molecular weight is 249 g/mol. The Balaban J connectivity index is 2.50. The van der Waals surface area contributed by atoms with Crippen molar-refractivity contribution in [3.05, 3.63) is 46.5 Å². The molecule has 2 aromatic rings. The van der Waals surface area contributed by atoms with Crippen LogP contribution in [-0.2, 0) is 0 Å². The maximum atomic E-state index is 6.22. The minimum Gasteiger partial charge on any atom is -0.289 e. The van der Waals surface area contributed by atoms with Gasteiger partial charge in [-0.2, -0.15) is 0 Å². The van der Waals surface area contributed by atoms with Gasteiger partial charge in [-0.15, -0.1) is 0 Å². The van der Waals surface area contributed by atoms with E-state index in [4.69, 9.17) is 11.6 Å². The molecule has 0 spiro atoms. The van der Waals surface area contributed by atoms with E-state index in [0.29, 0.717) is 11.1 Å². The van der Waals surface area contributed by atoms with Crippen molar-refractivity contribution in [3.63, 3.8) is 0 Å². The van der Waals surface area contributed by atoms with E-state index in [1.54, 1.807) is 6.33 Å². The van der Waals surface area contributed by atoms with Gasteiger partial charge in [-0.1, -0.05) is 37.6 Å². The fourth-order valence-corrected chi connectivity index (χ4v) is 2.08. The highest BCUT2D eigenvalue weighted by atomic mass is 35.5. The molecule has 0 N–H and O–H groups in total. The molecule has 2 nitrogen and oxygen atoms in total. The van der Waals surface area contributed by atoms with Gasteiger partial charge in [0.15, 0.2) is 0 Å². The van der Waals surface area contributed by atoms with Gasteiger partial charge in [0.25, 0.3) is 0 Å². The quantitative estimate of drug-likeness (QED) is 0.776. The number of aryl methyl sites for hydroxylation is 2. The summed E-state index contributed by atoms with van der Waals surface area (Å²) in [6, 6.07) is 6.47. The number of aromatic nitrogens is 2. The average Bonchev–Trinajstić information content (AvgIpc) is 2.60. The van der Waals surface area contributed by atoms with Crippen LogP contribution in [0.2, 0.25) is 5.15 Å². The van der Waals surface area contributed by atoms with Crippen molar-refractivity contribution in [1.29, 1.82) is 0 Å². The lowest BCUT2D eigenvalue weighted by atomic mass is 10.0. The molecule has 1 aromatic carbocycles. The Morgan fingerprint density at radius 2 is 1.94 bits per heavy atom. The zero-order valence-electron chi connectivity index (χ0n) is 10.7. The Bertz CT molecular complexity index is 541. The molecule has 0 bridgehead atoms. The standard InChI is InChI=1S/C14H17ClN2/c1-9(2)12-5-6-13(10(3)7-12)17-8-16-11(4)14(17)15/h5-9H,1-4H3. The summed E-state index contributed by atoms with van der Waals surface area (Å²) in [7, 11) is 0. The fourth-order valence-electron chi connectivity index (χ4n) is 1.90. The molecule has 0 radical (unpaired) electrons. The Morgan fingerprint density at radius 3 is 2.41 bits per heavy atom. The first kappa shape index (κ1) is 12.2. The first-order chi connectivity index (χ1) is 8.00. The van der Waals surface area contributed by atoms with Crippen LogP contribution in [0.3, 0.4) is 0 Å². The minimum absolute atomic E-state index is 0.544. The summed E-state index contributed by atoms with van der Waals surface area (Å²) in [5.41, 5.74) is 4.52. The molecule has 17 heavy (non-hydrogen) atoms. The Hall–Kier alpha value is -1.28. The summed E-state index contributed by atoms with van der Waals surface area (Å²) in [5.74, 6) is 0.544. The summed E-state index contributed by atoms with van der Waals surface area (Å²) >= 11 is 6.22. The van der Waals surface area contributed by atoms with Gasteiger partial charge in [-0.25, -0.2) is 4.98 Å². The summed E-state index contributed by atoms with van der Waals surface area (Å²) < 4.78 is 1.93. The van der Waals surface area contributed by atoms with Crippen LogP contribution in [0.15, 0.2) is 24.5 Å². The van der Waals surface area contributed by atoms with Crippen molar-refractivity contribution in [1.82, 2.24) is 9.55 Å². The van der Waals surface area contributed by atoms with E-state index < -0.39 is 0 Å². The van der Waals surface area contributed by atoms with Crippen LogP contribution >= 0.6 is 11.6 Å². The monoisotopic (exact) mass is 248 g/mol. The van der Waals surface area contributed by atoms with Gasteiger partial charge < -0.3 is 0 Å². The van der Waals surface area contributed by atoms with Crippen molar-refractivity contribution in [2.24, 2.45) is 0 Å². The van der Waals surface area contributed by atoms with Gasteiger partial charge in [0, 0.05) is 0 Å². The normalized spacial score (nSPS) is 11.2. The number of benzene rings is 1. The van der Waals surface area contributed by atoms with Crippen LogP contribution in [-0.4, -0.2) is 9.55 Å². The maximum Gasteiger partial charge on any atom is 0.136 e. The third-order valence-corrected chi connectivity index (χ3v) is 3.48. The molecular weight excluding hydrogens is 232 g/mol. The van der Waals surface area contributed by atoms with Crippen LogP contribution in [0.25, 0.3) is 5.69 Å². The van der Waals surface area contributed by atoms with E-state index >= 15 is 0 Å². The smallest absolute Gasteiger partial charge is 0.136 e. The Kier molecular flexibility index (Phi) is 3.25. The van der Waals surface area contributed by atoms with E-state index in [1.165, 1.54) is 11.1 Å². The number of hydrogen-bond donors (Lipinski definition) is 0. The maximum absolute atomic E-state index is 6.22. The predicted octanol–water partition coefficient (Wildman–Crippen LogP) is 4.27. The van der Waals surface area contributed by atoms with Gasteiger partial charge in [-0.3, -0.25) is 4.57 Å². The molecular formula is C14H17ClN2. The molecule has 0 saturated heterocycles. The van der Waals surface area contributed by atoms with Gasteiger partial charge in [0.05, 0.1) is 11.4 Å². The second kappa shape index (κ2) is 4.53. The lowest BCUT2D eigenvalue weighted by Crippen LogP contribution is -1.98. The number of rotatable bonds is 2. The van der Waals surface area contributed by atoms with E-state index in [9.17, 15) is 0 Å². The van der Waals surface area contributed by atoms with Gasteiger partial charge in [0.1, 0.15) is 11.5 Å². The van der Waals surface area contributed by atoms with E-state index in [-0.39, 0.29) is 0 Å². The van der Waals surface area contributed by atoms with Gasteiger partial charge in [0.2, 0.25) is 0 Å². The van der Waals surface area contributed by atoms with Crippen molar-refractivity contribution < 1.29 is 0 Å². The van der Waals surface area contributed by atoms with E-state index in [2.05, 4.69) is 44.0 Å².